The van der Waals surface area contributed by atoms with Crippen molar-refractivity contribution in [2.24, 2.45) is 0 Å². The van der Waals surface area contributed by atoms with Gasteiger partial charge in [0, 0.05) is 29.8 Å². The molecule has 0 radical (unpaired) electrons. The number of benzene rings is 1. The lowest BCUT2D eigenvalue weighted by Crippen LogP contribution is -2.29. The van der Waals surface area contributed by atoms with E-state index in [1.807, 2.05) is 42.6 Å². The molecule has 5 nitrogen and oxygen atoms in total. The fourth-order valence-electron chi connectivity index (χ4n) is 3.78. The van der Waals surface area contributed by atoms with Crippen LogP contribution >= 0.6 is 23.8 Å². The lowest BCUT2D eigenvalue weighted by molar-refractivity contribution is 0.397. The molecule has 0 spiro atoms. The number of ether oxygens (including phenoxy) is 1. The molecule has 2 aromatic heterocycles. The molecule has 1 aliphatic heterocycles. The van der Waals surface area contributed by atoms with E-state index in [0.717, 1.165) is 16.9 Å². The highest BCUT2D eigenvalue weighted by Crippen LogP contribution is 2.43. The average Bonchev–Trinajstić information content (AvgIpc) is 3.33. The number of pyridine rings is 1. The summed E-state index contributed by atoms with van der Waals surface area (Å²) in [5.74, 6) is 0.634. The summed E-state index contributed by atoms with van der Waals surface area (Å²) in [6.07, 6.45) is 6.12. The normalized spacial score (nSPS) is 19.1. The zero-order valence-corrected chi connectivity index (χ0v) is 19.0. The first-order valence-electron chi connectivity index (χ1n) is 9.82. The van der Waals surface area contributed by atoms with Crippen molar-refractivity contribution in [2.75, 3.05) is 12.0 Å². The minimum absolute atomic E-state index is 0.0143. The van der Waals surface area contributed by atoms with Gasteiger partial charge in [0.1, 0.15) is 5.75 Å². The molecule has 7 heteroatoms. The van der Waals surface area contributed by atoms with Gasteiger partial charge in [0.05, 0.1) is 29.9 Å². The number of methoxy groups -OCH3 is 1. The summed E-state index contributed by atoms with van der Waals surface area (Å²) < 4.78 is 7.54. The number of rotatable bonds is 4. The van der Waals surface area contributed by atoms with Crippen molar-refractivity contribution in [3.8, 4) is 5.75 Å². The number of aromatic nitrogens is 2. The van der Waals surface area contributed by atoms with E-state index in [1.54, 1.807) is 7.11 Å². The SMILES string of the molecule is COc1ccc(N2C(=S)N[C@@H](c3ccccn3)[C@H]2c2ccn(C(C)(C)C)c2)cc1Cl. The number of thiocarbonyl (C=S) groups is 1. The third-order valence-corrected chi connectivity index (χ3v) is 5.95. The molecular formula is C23H25ClN4OS. The number of anilines is 1. The molecule has 0 aliphatic carbocycles. The Morgan fingerprint density at radius 2 is 1.97 bits per heavy atom. The van der Waals surface area contributed by atoms with E-state index in [1.165, 1.54) is 0 Å². The zero-order chi connectivity index (χ0) is 21.5. The fourth-order valence-corrected chi connectivity index (χ4v) is 4.38. The van der Waals surface area contributed by atoms with Crippen molar-refractivity contribution in [3.05, 3.63) is 77.3 Å². The van der Waals surface area contributed by atoms with Gasteiger partial charge in [-0.2, -0.15) is 0 Å². The summed E-state index contributed by atoms with van der Waals surface area (Å²) in [6, 6.07) is 13.7. The molecule has 0 saturated carbocycles. The molecule has 156 valence electrons. The standard InChI is InChI=1S/C23H25ClN4OS/c1-23(2,3)27-12-10-15(14-27)21-20(18-7-5-6-11-25-18)26-22(30)28(21)16-8-9-19(29-4)17(24)13-16/h5-14,20-21H,1-4H3,(H,26,30)/t20-,21+/m0/s1. The Bertz CT molecular complexity index is 1060. The van der Waals surface area contributed by atoms with E-state index in [4.69, 9.17) is 28.6 Å². The smallest absolute Gasteiger partial charge is 0.174 e. The van der Waals surface area contributed by atoms with E-state index in [0.29, 0.717) is 15.9 Å². The first kappa shape index (κ1) is 20.7. The van der Waals surface area contributed by atoms with E-state index < -0.39 is 0 Å². The molecular weight excluding hydrogens is 416 g/mol. The fraction of sp³-hybridized carbons (Fsp3) is 0.304. The number of hydrogen-bond acceptors (Lipinski definition) is 3. The van der Waals surface area contributed by atoms with Crippen LogP contribution in [0.1, 0.15) is 44.1 Å². The molecule has 3 aromatic rings. The van der Waals surface area contributed by atoms with Crippen LogP contribution in [-0.4, -0.2) is 21.8 Å². The van der Waals surface area contributed by atoms with E-state index >= 15 is 0 Å². The molecule has 30 heavy (non-hydrogen) atoms. The molecule has 1 aliphatic rings. The van der Waals surface area contributed by atoms with Gasteiger partial charge in [-0.3, -0.25) is 4.98 Å². The van der Waals surface area contributed by atoms with E-state index in [-0.39, 0.29) is 17.6 Å². The van der Waals surface area contributed by atoms with Gasteiger partial charge < -0.3 is 19.5 Å². The van der Waals surface area contributed by atoms with Crippen LogP contribution in [0.3, 0.4) is 0 Å². The summed E-state index contributed by atoms with van der Waals surface area (Å²) in [4.78, 5) is 6.71. The van der Waals surface area contributed by atoms with Crippen LogP contribution in [0.5, 0.6) is 5.75 Å². The lowest BCUT2D eigenvalue weighted by atomic mass is 9.98. The maximum Gasteiger partial charge on any atom is 0.174 e. The Kier molecular flexibility index (Phi) is 5.47. The van der Waals surface area contributed by atoms with Crippen LogP contribution in [0.15, 0.2) is 61.1 Å². The first-order valence-corrected chi connectivity index (χ1v) is 10.6. The second-order valence-corrected chi connectivity index (χ2v) is 9.13. The van der Waals surface area contributed by atoms with Gasteiger partial charge in [0.25, 0.3) is 0 Å². The molecule has 0 bridgehead atoms. The van der Waals surface area contributed by atoms with Crippen molar-refractivity contribution in [1.82, 2.24) is 14.9 Å². The third-order valence-electron chi connectivity index (χ3n) is 5.34. The topological polar surface area (TPSA) is 42.3 Å². The molecule has 1 aromatic carbocycles. The maximum absolute atomic E-state index is 6.43. The highest BCUT2D eigenvalue weighted by atomic mass is 35.5. The van der Waals surface area contributed by atoms with E-state index in [2.05, 4.69) is 59.0 Å². The van der Waals surface area contributed by atoms with Crippen LogP contribution in [0.25, 0.3) is 0 Å². The molecule has 4 rings (SSSR count). The van der Waals surface area contributed by atoms with Gasteiger partial charge in [0.15, 0.2) is 5.11 Å². The van der Waals surface area contributed by atoms with Crippen LogP contribution in [0.4, 0.5) is 5.69 Å². The van der Waals surface area contributed by atoms with Crippen LogP contribution in [0.2, 0.25) is 5.02 Å². The number of hydrogen-bond donors (Lipinski definition) is 1. The second-order valence-electron chi connectivity index (χ2n) is 8.34. The third kappa shape index (κ3) is 3.77. The van der Waals surface area contributed by atoms with Crippen molar-refractivity contribution >= 4 is 34.6 Å². The summed E-state index contributed by atoms with van der Waals surface area (Å²) in [7, 11) is 1.61. The molecule has 1 saturated heterocycles. The van der Waals surface area contributed by atoms with Crippen molar-refractivity contribution < 1.29 is 4.74 Å². The Hall–Kier alpha value is -2.57. The maximum atomic E-state index is 6.43. The predicted molar refractivity (Wildman–Crippen MR) is 125 cm³/mol. The number of nitrogens with zero attached hydrogens (tertiary/aromatic N) is 3. The highest BCUT2D eigenvalue weighted by molar-refractivity contribution is 7.80. The summed E-state index contributed by atoms with van der Waals surface area (Å²) in [5, 5.41) is 4.66. The van der Waals surface area contributed by atoms with Crippen molar-refractivity contribution in [3.63, 3.8) is 0 Å². The Labute approximate surface area is 187 Å². The quantitative estimate of drug-likeness (QED) is 0.544. The molecule has 2 atom stereocenters. The lowest BCUT2D eigenvalue weighted by Gasteiger charge is -2.28. The van der Waals surface area contributed by atoms with Gasteiger partial charge in [0.2, 0.25) is 0 Å². The molecule has 1 fully saturated rings. The van der Waals surface area contributed by atoms with E-state index in [9.17, 15) is 0 Å². The summed E-state index contributed by atoms with van der Waals surface area (Å²) >= 11 is 12.2. The molecule has 0 amide bonds. The average molecular weight is 441 g/mol. The molecule has 0 unspecified atom stereocenters. The zero-order valence-electron chi connectivity index (χ0n) is 17.5. The van der Waals surface area contributed by atoms with Crippen LogP contribution < -0.4 is 15.0 Å². The van der Waals surface area contributed by atoms with Crippen molar-refractivity contribution in [1.29, 1.82) is 0 Å². The monoisotopic (exact) mass is 440 g/mol. The molecule has 1 N–H and O–H groups in total. The largest absolute Gasteiger partial charge is 0.495 e. The van der Waals surface area contributed by atoms with Gasteiger partial charge in [-0.15, -0.1) is 0 Å². The summed E-state index contributed by atoms with van der Waals surface area (Å²) in [6.45, 7) is 6.56. The highest BCUT2D eigenvalue weighted by Gasteiger charge is 2.41. The minimum Gasteiger partial charge on any atom is -0.495 e. The van der Waals surface area contributed by atoms with Gasteiger partial charge in [-0.1, -0.05) is 17.7 Å². The van der Waals surface area contributed by atoms with Crippen molar-refractivity contribution in [2.45, 2.75) is 38.4 Å². The first-order chi connectivity index (χ1) is 14.3. The molecule has 3 heterocycles. The minimum atomic E-state index is -0.0876. The van der Waals surface area contributed by atoms with Gasteiger partial charge in [-0.05, 0) is 75.0 Å². The number of nitrogens with one attached hydrogen (secondary N) is 1. The second kappa shape index (κ2) is 7.93. The summed E-state index contributed by atoms with van der Waals surface area (Å²) in [5.41, 5.74) is 2.99. The van der Waals surface area contributed by atoms with Crippen LogP contribution in [0, 0.1) is 0 Å². The van der Waals surface area contributed by atoms with Gasteiger partial charge >= 0.3 is 0 Å². The van der Waals surface area contributed by atoms with Crippen LogP contribution in [-0.2, 0) is 5.54 Å². The Morgan fingerprint density at radius 1 is 1.17 bits per heavy atom. The number of halogens is 1. The van der Waals surface area contributed by atoms with Gasteiger partial charge in [-0.25, -0.2) is 0 Å². The Morgan fingerprint density at radius 3 is 2.57 bits per heavy atom. The Balaban J connectivity index is 1.82. The predicted octanol–water partition coefficient (Wildman–Crippen LogP) is 5.48.